The van der Waals surface area contributed by atoms with Gasteiger partial charge in [0.05, 0.1) is 13.2 Å². The zero-order valence-corrected chi connectivity index (χ0v) is 10.4. The third kappa shape index (κ3) is 3.83. The summed E-state index contributed by atoms with van der Waals surface area (Å²) in [5, 5.41) is 9.53. The SMILES string of the molecule is OCC1(CN(CC(F)(F)F)C2CC2)CCOCC1. The van der Waals surface area contributed by atoms with Crippen LogP contribution in [-0.2, 0) is 4.74 Å². The molecule has 18 heavy (non-hydrogen) atoms. The van der Waals surface area contributed by atoms with Gasteiger partial charge in [0.1, 0.15) is 0 Å². The van der Waals surface area contributed by atoms with Crippen LogP contribution >= 0.6 is 0 Å². The van der Waals surface area contributed by atoms with Crippen molar-refractivity contribution < 1.29 is 23.0 Å². The molecule has 106 valence electrons. The number of nitrogens with zero attached hydrogens (tertiary/aromatic N) is 1. The highest BCUT2D eigenvalue weighted by atomic mass is 19.4. The molecule has 0 radical (unpaired) electrons. The Morgan fingerprint density at radius 2 is 1.83 bits per heavy atom. The van der Waals surface area contributed by atoms with E-state index in [2.05, 4.69) is 0 Å². The molecule has 2 fully saturated rings. The molecule has 0 aromatic rings. The van der Waals surface area contributed by atoms with Crippen LogP contribution in [0.2, 0.25) is 0 Å². The molecular weight excluding hydrogens is 247 g/mol. The molecule has 1 saturated heterocycles. The largest absolute Gasteiger partial charge is 0.401 e. The van der Waals surface area contributed by atoms with E-state index in [-0.39, 0.29) is 12.6 Å². The Balaban J connectivity index is 1.98. The number of halogens is 3. The molecule has 0 unspecified atom stereocenters. The zero-order chi connectivity index (χ0) is 13.2. The third-order valence-corrected chi connectivity index (χ3v) is 3.87. The zero-order valence-electron chi connectivity index (χ0n) is 10.4. The summed E-state index contributed by atoms with van der Waals surface area (Å²) >= 11 is 0. The van der Waals surface area contributed by atoms with E-state index in [1.165, 1.54) is 4.90 Å². The molecule has 1 heterocycles. The van der Waals surface area contributed by atoms with Crippen molar-refractivity contribution in [2.75, 3.05) is 32.9 Å². The van der Waals surface area contributed by atoms with Crippen LogP contribution in [0, 0.1) is 5.41 Å². The fourth-order valence-electron chi connectivity index (χ4n) is 2.59. The number of hydrogen-bond donors (Lipinski definition) is 1. The fraction of sp³-hybridized carbons (Fsp3) is 1.00. The molecule has 1 saturated carbocycles. The average Bonchev–Trinajstić information content (AvgIpc) is 3.11. The Bertz CT molecular complexity index is 273. The van der Waals surface area contributed by atoms with Crippen LogP contribution in [0.1, 0.15) is 25.7 Å². The van der Waals surface area contributed by atoms with Crippen LogP contribution < -0.4 is 0 Å². The van der Waals surface area contributed by atoms with E-state index < -0.39 is 18.1 Å². The number of aliphatic hydroxyl groups excluding tert-OH is 1. The first kappa shape index (κ1) is 14.1. The highest BCUT2D eigenvalue weighted by molar-refractivity contribution is 4.92. The summed E-state index contributed by atoms with van der Waals surface area (Å²) in [6.45, 7) is 0.477. The minimum Gasteiger partial charge on any atom is -0.396 e. The van der Waals surface area contributed by atoms with Crippen molar-refractivity contribution in [3.05, 3.63) is 0 Å². The third-order valence-electron chi connectivity index (χ3n) is 3.87. The molecule has 3 nitrogen and oxygen atoms in total. The molecule has 0 atom stereocenters. The smallest absolute Gasteiger partial charge is 0.396 e. The first-order valence-electron chi connectivity index (χ1n) is 6.44. The second-order valence-electron chi connectivity index (χ2n) is 5.52. The number of aliphatic hydroxyl groups is 1. The summed E-state index contributed by atoms with van der Waals surface area (Å²) in [4.78, 5) is 1.50. The van der Waals surface area contributed by atoms with Crippen LogP contribution in [0.15, 0.2) is 0 Å². The lowest BCUT2D eigenvalue weighted by Crippen LogP contribution is -2.47. The summed E-state index contributed by atoms with van der Waals surface area (Å²) < 4.78 is 42.9. The second-order valence-corrected chi connectivity index (χ2v) is 5.52. The summed E-state index contributed by atoms with van der Waals surface area (Å²) in [5.41, 5.74) is -0.411. The highest BCUT2D eigenvalue weighted by Crippen LogP contribution is 2.37. The molecular formula is C12H20F3NO2. The summed E-state index contributed by atoms with van der Waals surface area (Å²) in [6, 6.07) is 0.0536. The summed E-state index contributed by atoms with van der Waals surface area (Å²) in [7, 11) is 0. The minimum absolute atomic E-state index is 0.0536. The quantitative estimate of drug-likeness (QED) is 0.824. The van der Waals surface area contributed by atoms with Gasteiger partial charge in [0.15, 0.2) is 0 Å². The van der Waals surface area contributed by atoms with Crippen LogP contribution in [-0.4, -0.2) is 55.1 Å². The number of ether oxygens (including phenoxy) is 1. The Labute approximate surface area is 105 Å². The van der Waals surface area contributed by atoms with Crippen LogP contribution in [0.3, 0.4) is 0 Å². The van der Waals surface area contributed by atoms with E-state index in [1.807, 2.05) is 0 Å². The van der Waals surface area contributed by atoms with E-state index in [9.17, 15) is 18.3 Å². The highest BCUT2D eigenvalue weighted by Gasteiger charge is 2.42. The van der Waals surface area contributed by atoms with Crippen LogP contribution in [0.4, 0.5) is 13.2 Å². The normalized spacial score (nSPS) is 24.5. The lowest BCUT2D eigenvalue weighted by atomic mass is 9.80. The van der Waals surface area contributed by atoms with Gasteiger partial charge in [-0.1, -0.05) is 0 Å². The Kier molecular flexibility index (Phi) is 4.18. The first-order chi connectivity index (χ1) is 8.44. The van der Waals surface area contributed by atoms with Gasteiger partial charge in [0, 0.05) is 31.2 Å². The lowest BCUT2D eigenvalue weighted by Gasteiger charge is -2.40. The Morgan fingerprint density at radius 1 is 1.22 bits per heavy atom. The van der Waals surface area contributed by atoms with E-state index in [4.69, 9.17) is 4.74 Å². The Morgan fingerprint density at radius 3 is 2.28 bits per heavy atom. The van der Waals surface area contributed by atoms with Crippen LogP contribution in [0.25, 0.3) is 0 Å². The predicted octanol–water partition coefficient (Wildman–Crippen LogP) is 1.80. The summed E-state index contributed by atoms with van der Waals surface area (Å²) in [5.74, 6) is 0. The van der Waals surface area contributed by atoms with Crippen molar-refractivity contribution in [1.29, 1.82) is 0 Å². The van der Waals surface area contributed by atoms with Gasteiger partial charge < -0.3 is 9.84 Å². The number of hydrogen-bond acceptors (Lipinski definition) is 3. The molecule has 2 aliphatic rings. The molecule has 1 aliphatic carbocycles. The molecule has 6 heteroatoms. The van der Waals surface area contributed by atoms with Gasteiger partial charge in [-0.15, -0.1) is 0 Å². The van der Waals surface area contributed by atoms with Crippen molar-refractivity contribution >= 4 is 0 Å². The van der Waals surface area contributed by atoms with Crippen molar-refractivity contribution in [2.45, 2.75) is 37.9 Å². The molecule has 0 bridgehead atoms. The Hall–Kier alpha value is -0.330. The molecule has 1 N–H and O–H groups in total. The van der Waals surface area contributed by atoms with Gasteiger partial charge in [-0.2, -0.15) is 13.2 Å². The lowest BCUT2D eigenvalue weighted by molar-refractivity contribution is -0.154. The van der Waals surface area contributed by atoms with E-state index in [0.717, 1.165) is 12.8 Å². The van der Waals surface area contributed by atoms with E-state index in [0.29, 0.717) is 32.6 Å². The monoisotopic (exact) mass is 267 g/mol. The first-order valence-corrected chi connectivity index (χ1v) is 6.44. The van der Waals surface area contributed by atoms with Crippen molar-refractivity contribution in [3.8, 4) is 0 Å². The maximum absolute atomic E-state index is 12.5. The van der Waals surface area contributed by atoms with Crippen molar-refractivity contribution in [1.82, 2.24) is 4.90 Å². The number of alkyl halides is 3. The molecule has 0 spiro atoms. The molecule has 2 rings (SSSR count). The number of rotatable bonds is 5. The van der Waals surface area contributed by atoms with E-state index >= 15 is 0 Å². The van der Waals surface area contributed by atoms with Gasteiger partial charge in [0.2, 0.25) is 0 Å². The summed E-state index contributed by atoms with van der Waals surface area (Å²) in [6.07, 6.45) is -1.19. The molecule has 0 aromatic heterocycles. The van der Waals surface area contributed by atoms with E-state index in [1.54, 1.807) is 0 Å². The van der Waals surface area contributed by atoms with Gasteiger partial charge >= 0.3 is 6.18 Å². The molecule has 0 aromatic carbocycles. The maximum atomic E-state index is 12.5. The van der Waals surface area contributed by atoms with Gasteiger partial charge in [0.25, 0.3) is 0 Å². The average molecular weight is 267 g/mol. The topological polar surface area (TPSA) is 32.7 Å². The van der Waals surface area contributed by atoms with Gasteiger partial charge in [-0.3, -0.25) is 4.90 Å². The van der Waals surface area contributed by atoms with Gasteiger partial charge in [-0.25, -0.2) is 0 Å². The standard InChI is InChI=1S/C12H20F3NO2/c13-12(14,15)8-16(10-1-2-10)7-11(9-17)3-5-18-6-4-11/h10,17H,1-9H2. The van der Waals surface area contributed by atoms with Crippen LogP contribution in [0.5, 0.6) is 0 Å². The second kappa shape index (κ2) is 5.35. The minimum atomic E-state index is -4.16. The van der Waals surface area contributed by atoms with Crippen molar-refractivity contribution in [2.24, 2.45) is 5.41 Å². The fourth-order valence-corrected chi connectivity index (χ4v) is 2.59. The molecule has 0 amide bonds. The molecule has 1 aliphatic heterocycles. The maximum Gasteiger partial charge on any atom is 0.401 e. The predicted molar refractivity (Wildman–Crippen MR) is 60.2 cm³/mol. The van der Waals surface area contributed by atoms with Crippen molar-refractivity contribution in [3.63, 3.8) is 0 Å². The van der Waals surface area contributed by atoms with Gasteiger partial charge in [-0.05, 0) is 25.7 Å².